The molecule has 0 fully saturated rings. The quantitative estimate of drug-likeness (QED) is 0.383. The number of azide groups is 1. The van der Waals surface area contributed by atoms with E-state index in [2.05, 4.69) is 20.0 Å². The summed E-state index contributed by atoms with van der Waals surface area (Å²) >= 11 is 0. The largest absolute Gasteiger partial charge is 0.249 e. The summed E-state index contributed by atoms with van der Waals surface area (Å²) in [5.41, 5.74) is 12.7. The van der Waals surface area contributed by atoms with Crippen LogP contribution in [0.2, 0.25) is 0 Å². The van der Waals surface area contributed by atoms with Gasteiger partial charge in [-0.1, -0.05) is 60.7 Å². The van der Waals surface area contributed by atoms with Crippen LogP contribution in [0.5, 0.6) is 0 Å². The molecule has 0 bridgehead atoms. The topological polar surface area (TPSA) is 74.5 Å². The lowest BCUT2D eigenvalue weighted by Gasteiger charge is -2.11. The van der Waals surface area contributed by atoms with Crippen molar-refractivity contribution < 1.29 is 0 Å². The molecule has 5 heteroatoms. The zero-order valence-corrected chi connectivity index (χ0v) is 12.0. The molecule has 5 nitrogen and oxygen atoms in total. The summed E-state index contributed by atoms with van der Waals surface area (Å²) in [6.07, 6.45) is 0. The molecule has 0 spiro atoms. The highest BCUT2D eigenvalue weighted by molar-refractivity contribution is 5.78. The second-order valence-electron chi connectivity index (χ2n) is 4.75. The van der Waals surface area contributed by atoms with Gasteiger partial charge in [-0.25, -0.2) is 9.97 Å². The number of rotatable bonds is 3. The van der Waals surface area contributed by atoms with Crippen molar-refractivity contribution in [1.82, 2.24) is 9.97 Å². The molecule has 0 saturated carbocycles. The van der Waals surface area contributed by atoms with Crippen LogP contribution >= 0.6 is 0 Å². The second-order valence-corrected chi connectivity index (χ2v) is 4.75. The predicted octanol–water partition coefficient (Wildman–Crippen LogP) is 5.06. The van der Waals surface area contributed by atoms with E-state index in [1.807, 2.05) is 60.7 Å². The molecule has 0 saturated heterocycles. The molecule has 0 N–H and O–H groups in total. The van der Waals surface area contributed by atoms with Crippen LogP contribution in [0.25, 0.3) is 33.0 Å². The van der Waals surface area contributed by atoms with E-state index in [0.717, 1.165) is 16.8 Å². The minimum Gasteiger partial charge on any atom is -0.249 e. The van der Waals surface area contributed by atoms with Crippen LogP contribution in [-0.2, 0) is 0 Å². The molecule has 2 aromatic carbocycles. The molecule has 3 rings (SSSR count). The van der Waals surface area contributed by atoms with Crippen molar-refractivity contribution in [3.8, 4) is 22.5 Å². The van der Waals surface area contributed by atoms with E-state index in [9.17, 15) is 0 Å². The highest BCUT2D eigenvalue weighted by Gasteiger charge is 2.13. The van der Waals surface area contributed by atoms with Crippen molar-refractivity contribution in [3.63, 3.8) is 0 Å². The number of nitrogens with zero attached hydrogens (tertiary/aromatic N) is 5. The molecule has 0 aliphatic rings. The van der Waals surface area contributed by atoms with Crippen molar-refractivity contribution in [2.45, 2.75) is 6.92 Å². The summed E-state index contributed by atoms with van der Waals surface area (Å²) in [6.45, 7) is 1.79. The Morgan fingerprint density at radius 2 is 1.32 bits per heavy atom. The van der Waals surface area contributed by atoms with E-state index >= 15 is 0 Å². The van der Waals surface area contributed by atoms with Crippen molar-refractivity contribution in [2.75, 3.05) is 0 Å². The highest BCUT2D eigenvalue weighted by atomic mass is 15.2. The van der Waals surface area contributed by atoms with E-state index in [-0.39, 0.29) is 0 Å². The first kappa shape index (κ1) is 13.8. The first-order valence-corrected chi connectivity index (χ1v) is 6.84. The standard InChI is InChI=1S/C17H13N5/c1-12-17(21-22-18)20-16(14-10-6-3-7-11-14)15(19-12)13-8-4-2-5-9-13/h2-11H,1H3. The molecule has 0 aliphatic carbocycles. The Kier molecular flexibility index (Phi) is 3.81. The van der Waals surface area contributed by atoms with E-state index in [1.165, 1.54) is 0 Å². The number of hydrogen-bond acceptors (Lipinski definition) is 3. The Balaban J connectivity index is 2.29. The Labute approximate surface area is 127 Å². The fourth-order valence-corrected chi connectivity index (χ4v) is 2.24. The van der Waals surface area contributed by atoms with Crippen molar-refractivity contribution in [3.05, 3.63) is 76.8 Å². The lowest BCUT2D eigenvalue weighted by atomic mass is 10.0. The fourth-order valence-electron chi connectivity index (χ4n) is 2.24. The summed E-state index contributed by atoms with van der Waals surface area (Å²) < 4.78 is 0. The molecule has 0 radical (unpaired) electrons. The Morgan fingerprint density at radius 3 is 1.82 bits per heavy atom. The Morgan fingerprint density at radius 1 is 0.818 bits per heavy atom. The van der Waals surface area contributed by atoms with Gasteiger partial charge in [0.25, 0.3) is 0 Å². The van der Waals surface area contributed by atoms with Gasteiger partial charge in [-0.15, -0.1) is 0 Å². The number of aromatic nitrogens is 2. The van der Waals surface area contributed by atoms with Crippen LogP contribution in [-0.4, -0.2) is 9.97 Å². The average Bonchev–Trinajstić information content (AvgIpc) is 2.58. The van der Waals surface area contributed by atoms with E-state index < -0.39 is 0 Å². The molecule has 1 aromatic heterocycles. The molecule has 22 heavy (non-hydrogen) atoms. The van der Waals surface area contributed by atoms with E-state index in [4.69, 9.17) is 5.53 Å². The van der Waals surface area contributed by atoms with Crippen LogP contribution in [0.4, 0.5) is 5.82 Å². The molecule has 0 atom stereocenters. The molecule has 106 valence electrons. The maximum Gasteiger partial charge on any atom is 0.148 e. The molecular weight excluding hydrogens is 274 g/mol. The average molecular weight is 287 g/mol. The van der Waals surface area contributed by atoms with Gasteiger partial charge in [0.15, 0.2) is 0 Å². The van der Waals surface area contributed by atoms with Gasteiger partial charge in [0.05, 0.1) is 17.1 Å². The summed E-state index contributed by atoms with van der Waals surface area (Å²) in [5.74, 6) is 0.307. The minimum atomic E-state index is 0.307. The predicted molar refractivity (Wildman–Crippen MR) is 86.4 cm³/mol. The number of hydrogen-bond donors (Lipinski definition) is 0. The van der Waals surface area contributed by atoms with Crippen molar-refractivity contribution in [1.29, 1.82) is 0 Å². The van der Waals surface area contributed by atoms with Gasteiger partial charge in [-0.3, -0.25) is 0 Å². The summed E-state index contributed by atoms with van der Waals surface area (Å²) in [4.78, 5) is 12.0. The molecular formula is C17H13N5. The second kappa shape index (κ2) is 6.08. The lowest BCUT2D eigenvalue weighted by Crippen LogP contribution is -1.96. The first-order chi connectivity index (χ1) is 10.8. The van der Waals surface area contributed by atoms with Gasteiger partial charge in [-0.2, -0.15) is 0 Å². The highest BCUT2D eigenvalue weighted by Crippen LogP contribution is 2.31. The normalized spacial score (nSPS) is 10.0. The molecule has 0 aliphatic heterocycles. The number of aryl methyl sites for hydroxylation is 1. The van der Waals surface area contributed by atoms with Gasteiger partial charge < -0.3 is 0 Å². The smallest absolute Gasteiger partial charge is 0.148 e. The van der Waals surface area contributed by atoms with Crippen LogP contribution in [0, 0.1) is 6.92 Å². The van der Waals surface area contributed by atoms with Crippen LogP contribution in [0.3, 0.4) is 0 Å². The van der Waals surface area contributed by atoms with Gasteiger partial charge in [0, 0.05) is 16.0 Å². The van der Waals surface area contributed by atoms with Gasteiger partial charge in [0.2, 0.25) is 0 Å². The molecule has 1 heterocycles. The van der Waals surface area contributed by atoms with Gasteiger partial charge in [-0.05, 0) is 17.6 Å². The number of benzene rings is 2. The molecule has 0 amide bonds. The SMILES string of the molecule is Cc1nc(-c2ccccc2)c(-c2ccccc2)nc1N=[N+]=[N-]. The Hall–Kier alpha value is -3.17. The lowest BCUT2D eigenvalue weighted by molar-refractivity contribution is 1.10. The van der Waals surface area contributed by atoms with E-state index in [1.54, 1.807) is 6.92 Å². The third-order valence-corrected chi connectivity index (χ3v) is 3.28. The zero-order valence-electron chi connectivity index (χ0n) is 12.0. The van der Waals surface area contributed by atoms with Crippen molar-refractivity contribution >= 4 is 5.82 Å². The van der Waals surface area contributed by atoms with Crippen LogP contribution < -0.4 is 0 Å². The summed E-state index contributed by atoms with van der Waals surface area (Å²) in [6, 6.07) is 19.6. The van der Waals surface area contributed by atoms with Crippen molar-refractivity contribution in [2.24, 2.45) is 5.11 Å². The van der Waals surface area contributed by atoms with Crippen LogP contribution in [0.1, 0.15) is 5.69 Å². The molecule has 0 unspecified atom stereocenters. The third-order valence-electron chi connectivity index (χ3n) is 3.28. The fraction of sp³-hybridized carbons (Fsp3) is 0.0588. The molecule has 3 aromatic rings. The maximum atomic E-state index is 8.68. The monoisotopic (exact) mass is 287 g/mol. The summed E-state index contributed by atoms with van der Waals surface area (Å²) in [5, 5.41) is 3.63. The zero-order chi connectivity index (χ0) is 15.4. The van der Waals surface area contributed by atoms with Gasteiger partial charge in [0.1, 0.15) is 5.82 Å². The Bertz CT molecular complexity index is 838. The van der Waals surface area contributed by atoms with Gasteiger partial charge >= 0.3 is 0 Å². The first-order valence-electron chi connectivity index (χ1n) is 6.84. The van der Waals surface area contributed by atoms with Crippen LogP contribution in [0.15, 0.2) is 65.8 Å². The minimum absolute atomic E-state index is 0.307. The van der Waals surface area contributed by atoms with E-state index in [0.29, 0.717) is 17.2 Å². The maximum absolute atomic E-state index is 8.68. The third kappa shape index (κ3) is 2.66. The summed E-state index contributed by atoms with van der Waals surface area (Å²) in [7, 11) is 0.